The first-order valence-electron chi connectivity index (χ1n) is 11.7. The molecule has 0 fully saturated rings. The zero-order valence-corrected chi connectivity index (χ0v) is 20.8. The topological polar surface area (TPSA) is 164 Å². The van der Waals surface area contributed by atoms with Gasteiger partial charge in [0.2, 0.25) is 5.91 Å². The van der Waals surface area contributed by atoms with E-state index in [4.69, 9.17) is 20.2 Å². The lowest BCUT2D eigenvalue weighted by Gasteiger charge is -2.24. The molecular weight excluding hydrogens is 481 g/mol. The Morgan fingerprint density at radius 2 is 2.11 bits per heavy atom. The van der Waals surface area contributed by atoms with Crippen molar-refractivity contribution in [3.63, 3.8) is 0 Å². The molecule has 2 aromatic heterocycles. The molecule has 37 heavy (non-hydrogen) atoms. The van der Waals surface area contributed by atoms with Crippen molar-refractivity contribution in [2.24, 2.45) is 4.99 Å². The van der Waals surface area contributed by atoms with Crippen LogP contribution in [0.15, 0.2) is 35.2 Å². The van der Waals surface area contributed by atoms with Gasteiger partial charge in [-0.25, -0.2) is 19.3 Å². The monoisotopic (exact) mass is 511 g/mol. The summed E-state index contributed by atoms with van der Waals surface area (Å²) in [5, 5.41) is 9.43. The molecule has 13 heteroatoms. The second kappa shape index (κ2) is 11.8. The molecule has 0 aromatic carbocycles. The number of amides is 1. The molecule has 1 amide bonds. The zero-order chi connectivity index (χ0) is 26.4. The third kappa shape index (κ3) is 6.37. The Kier molecular flexibility index (Phi) is 8.25. The minimum Gasteiger partial charge on any atom is -0.478 e. The first-order chi connectivity index (χ1) is 17.9. The van der Waals surface area contributed by atoms with Crippen molar-refractivity contribution in [1.29, 1.82) is 0 Å². The van der Waals surface area contributed by atoms with E-state index in [-0.39, 0.29) is 36.1 Å². The van der Waals surface area contributed by atoms with Crippen LogP contribution in [0, 0.1) is 0 Å². The summed E-state index contributed by atoms with van der Waals surface area (Å²) in [6.07, 6.45) is 8.53. The van der Waals surface area contributed by atoms with Crippen molar-refractivity contribution in [2.45, 2.75) is 32.1 Å². The number of carbonyl (C=O) groups is 1. The van der Waals surface area contributed by atoms with Crippen molar-refractivity contribution >= 4 is 29.2 Å². The van der Waals surface area contributed by atoms with Crippen LogP contribution < -0.4 is 26.4 Å². The van der Waals surface area contributed by atoms with Gasteiger partial charge >= 0.3 is 0 Å². The minimum atomic E-state index is -0.459. The van der Waals surface area contributed by atoms with Gasteiger partial charge in [0.25, 0.3) is 5.88 Å². The number of carbonyl (C=O) groups excluding carboxylic acids is 1. The first-order valence-corrected chi connectivity index (χ1v) is 11.7. The molecule has 2 aromatic rings. The SMILES string of the molecule is COCC(=O)N[C@@H](C)CNC1N=CC=C(c2[nH]c(C3=CC=C(F)CC3)nc2-c2cnc(N)c(OC)n2)N1. The van der Waals surface area contributed by atoms with Gasteiger partial charge in [0, 0.05) is 32.3 Å². The molecule has 3 heterocycles. The minimum absolute atomic E-state index is 0.000325. The summed E-state index contributed by atoms with van der Waals surface area (Å²) in [5.41, 5.74) is 9.04. The van der Waals surface area contributed by atoms with E-state index in [0.717, 1.165) is 5.57 Å². The van der Waals surface area contributed by atoms with Crippen LogP contribution in [0.2, 0.25) is 0 Å². The first kappa shape index (κ1) is 26.0. The highest BCUT2D eigenvalue weighted by Crippen LogP contribution is 2.32. The number of ether oxygens (including phenoxy) is 2. The van der Waals surface area contributed by atoms with E-state index in [1.54, 1.807) is 18.4 Å². The Hall–Kier alpha value is -4.10. The number of aromatic amines is 1. The molecule has 2 atom stereocenters. The third-order valence-corrected chi connectivity index (χ3v) is 5.65. The van der Waals surface area contributed by atoms with Crippen LogP contribution in [-0.2, 0) is 9.53 Å². The van der Waals surface area contributed by atoms with Crippen LogP contribution in [-0.4, -0.2) is 71.8 Å². The number of nitrogen functional groups attached to an aromatic ring is 1. The van der Waals surface area contributed by atoms with Gasteiger partial charge in [-0.15, -0.1) is 0 Å². The summed E-state index contributed by atoms with van der Waals surface area (Å²) in [6, 6.07) is -0.146. The molecule has 12 nitrogen and oxygen atoms in total. The maximum Gasteiger partial charge on any atom is 0.257 e. The van der Waals surface area contributed by atoms with E-state index in [2.05, 4.69) is 35.9 Å². The van der Waals surface area contributed by atoms with Gasteiger partial charge in [-0.05, 0) is 31.1 Å². The van der Waals surface area contributed by atoms with Crippen molar-refractivity contribution < 1.29 is 18.7 Å². The molecule has 6 N–H and O–H groups in total. The fourth-order valence-corrected chi connectivity index (χ4v) is 3.84. The summed E-state index contributed by atoms with van der Waals surface area (Å²) in [6.45, 7) is 2.34. The van der Waals surface area contributed by atoms with E-state index in [1.807, 2.05) is 6.92 Å². The molecule has 0 radical (unpaired) electrons. The number of nitrogens with zero attached hydrogens (tertiary/aromatic N) is 4. The lowest BCUT2D eigenvalue weighted by molar-refractivity contribution is -0.125. The number of nitrogens with two attached hydrogens (primary N) is 1. The second-order valence-corrected chi connectivity index (χ2v) is 8.50. The predicted molar refractivity (Wildman–Crippen MR) is 138 cm³/mol. The quantitative estimate of drug-likeness (QED) is 0.318. The van der Waals surface area contributed by atoms with Crippen molar-refractivity contribution in [3.05, 3.63) is 41.8 Å². The average Bonchev–Trinajstić information content (AvgIpc) is 3.34. The standard InChI is InChI=1S/C24H30FN9O3/c1-13(30-18(35)12-36-2)10-29-24-27-9-8-16(32-24)19-20(17-11-28-21(26)23(31-17)37-3)34-22(33-19)14-4-6-15(25)7-5-14/h4,6,8-9,11,13,24,29,32H,5,7,10,12H2,1-3H3,(H2,26,28)(H,30,35)(H,33,34)/t13-,24?/m0/s1. The lowest BCUT2D eigenvalue weighted by atomic mass is 10.0. The Labute approximate surface area is 213 Å². The molecule has 196 valence electrons. The number of aromatic nitrogens is 4. The van der Waals surface area contributed by atoms with E-state index in [1.165, 1.54) is 26.5 Å². The number of hydrogen-bond donors (Lipinski definition) is 5. The number of H-pyrrole nitrogens is 1. The molecule has 1 aliphatic heterocycles. The molecule has 2 aliphatic rings. The van der Waals surface area contributed by atoms with E-state index < -0.39 is 6.29 Å². The summed E-state index contributed by atoms with van der Waals surface area (Å²) in [7, 11) is 2.93. The molecule has 0 spiro atoms. The van der Waals surface area contributed by atoms with Gasteiger partial charge in [0.05, 0.1) is 24.7 Å². The third-order valence-electron chi connectivity index (χ3n) is 5.65. The molecule has 1 unspecified atom stereocenters. The summed E-state index contributed by atoms with van der Waals surface area (Å²) >= 11 is 0. The van der Waals surface area contributed by atoms with Crippen LogP contribution in [0.3, 0.4) is 0 Å². The highest BCUT2D eigenvalue weighted by Gasteiger charge is 2.23. The maximum absolute atomic E-state index is 13.6. The number of methoxy groups -OCH3 is 2. The van der Waals surface area contributed by atoms with Crippen LogP contribution in [0.4, 0.5) is 10.2 Å². The number of allylic oxidation sites excluding steroid dienone is 5. The summed E-state index contributed by atoms with van der Waals surface area (Å²) in [5.74, 6) is 0.581. The van der Waals surface area contributed by atoms with Gasteiger partial charge < -0.3 is 30.8 Å². The second-order valence-electron chi connectivity index (χ2n) is 8.50. The van der Waals surface area contributed by atoms with Crippen LogP contribution >= 0.6 is 0 Å². The van der Waals surface area contributed by atoms with E-state index >= 15 is 0 Å². The number of imidazole rings is 1. The Morgan fingerprint density at radius 3 is 2.84 bits per heavy atom. The molecule has 1 aliphatic carbocycles. The smallest absolute Gasteiger partial charge is 0.257 e. The predicted octanol–water partition coefficient (Wildman–Crippen LogP) is 1.53. The van der Waals surface area contributed by atoms with Gasteiger partial charge in [-0.1, -0.05) is 6.08 Å². The fraction of sp³-hybridized carbons (Fsp3) is 0.375. The summed E-state index contributed by atoms with van der Waals surface area (Å²) < 4.78 is 23.7. The highest BCUT2D eigenvalue weighted by molar-refractivity contribution is 5.88. The van der Waals surface area contributed by atoms with Crippen molar-refractivity contribution in [1.82, 2.24) is 35.9 Å². The number of anilines is 1. The maximum atomic E-state index is 13.6. The van der Waals surface area contributed by atoms with Crippen LogP contribution in [0.5, 0.6) is 5.88 Å². The average molecular weight is 512 g/mol. The number of nitrogens with one attached hydrogen (secondary N) is 4. The fourth-order valence-electron chi connectivity index (χ4n) is 3.84. The zero-order valence-electron chi connectivity index (χ0n) is 20.8. The molecule has 4 rings (SSSR count). The number of rotatable bonds is 10. The normalized spacial score (nSPS) is 17.8. The van der Waals surface area contributed by atoms with Crippen molar-refractivity contribution in [3.8, 4) is 17.3 Å². The van der Waals surface area contributed by atoms with Gasteiger partial charge in [0.15, 0.2) is 12.1 Å². The Balaban J connectivity index is 1.58. The van der Waals surface area contributed by atoms with Crippen LogP contribution in [0.25, 0.3) is 22.7 Å². The number of halogens is 1. The van der Waals surface area contributed by atoms with Gasteiger partial charge in [-0.3, -0.25) is 15.1 Å². The Bertz CT molecular complexity index is 1270. The highest BCUT2D eigenvalue weighted by atomic mass is 19.1. The van der Waals surface area contributed by atoms with Gasteiger partial charge in [-0.2, -0.15) is 0 Å². The molecular formula is C24H30FN9O3. The number of aliphatic imine (C=N–C) groups is 1. The number of hydrogen-bond acceptors (Lipinski definition) is 10. The van der Waals surface area contributed by atoms with Crippen molar-refractivity contribution in [2.75, 3.05) is 33.1 Å². The van der Waals surface area contributed by atoms with Crippen LogP contribution in [0.1, 0.15) is 31.3 Å². The van der Waals surface area contributed by atoms with Gasteiger partial charge in [0.1, 0.15) is 29.6 Å². The van der Waals surface area contributed by atoms with E-state index in [0.29, 0.717) is 48.0 Å². The summed E-state index contributed by atoms with van der Waals surface area (Å²) in [4.78, 5) is 32.9. The molecule has 0 bridgehead atoms. The van der Waals surface area contributed by atoms with E-state index in [9.17, 15) is 9.18 Å². The molecule has 0 saturated carbocycles. The lowest BCUT2D eigenvalue weighted by Crippen LogP contribution is -2.48. The Morgan fingerprint density at radius 1 is 1.27 bits per heavy atom. The largest absolute Gasteiger partial charge is 0.478 e. The molecule has 0 saturated heterocycles.